The molecule has 104 valence electrons. The van der Waals surface area contributed by atoms with Crippen molar-refractivity contribution >= 4 is 15.7 Å². The molecule has 0 aliphatic carbocycles. The Morgan fingerprint density at radius 1 is 1.37 bits per heavy atom. The average molecular weight is 289 g/mol. The summed E-state index contributed by atoms with van der Waals surface area (Å²) in [6.07, 6.45) is 0.262. The van der Waals surface area contributed by atoms with Crippen molar-refractivity contribution in [3.8, 4) is 0 Å². The van der Waals surface area contributed by atoms with E-state index in [-0.39, 0.29) is 17.9 Å². The number of rotatable bonds is 2. The van der Waals surface area contributed by atoms with Gasteiger partial charge >= 0.3 is 0 Å². The molecule has 0 aromatic heterocycles. The fraction of sp³-hybridized carbons (Fsp3) is 0.417. The molecule has 1 atom stereocenters. The van der Waals surface area contributed by atoms with Crippen molar-refractivity contribution in [3.05, 3.63) is 35.4 Å². The molecule has 1 aliphatic heterocycles. The van der Waals surface area contributed by atoms with Crippen LogP contribution in [-0.2, 0) is 9.84 Å². The summed E-state index contributed by atoms with van der Waals surface area (Å²) >= 11 is 0. The van der Waals surface area contributed by atoms with Gasteiger partial charge in [0.25, 0.3) is 5.91 Å². The van der Waals surface area contributed by atoms with Crippen molar-refractivity contribution in [1.82, 2.24) is 5.32 Å². The molecule has 2 rings (SSSR count). The third kappa shape index (κ3) is 2.91. The van der Waals surface area contributed by atoms with E-state index in [1.54, 1.807) is 6.92 Å². The highest BCUT2D eigenvalue weighted by atomic mass is 32.2. The second-order valence-corrected chi connectivity index (χ2v) is 7.14. The Bertz CT molecular complexity index is 630. The lowest BCUT2D eigenvalue weighted by Crippen LogP contribution is -2.47. The van der Waals surface area contributed by atoms with Crippen LogP contribution in [0.1, 0.15) is 23.7 Å². The molecule has 7 heteroatoms. The first kappa shape index (κ1) is 13.9. The summed E-state index contributed by atoms with van der Waals surface area (Å²) in [5.41, 5.74) is -1.36. The van der Waals surface area contributed by atoms with E-state index in [0.717, 1.165) is 12.1 Å². The van der Waals surface area contributed by atoms with Crippen LogP contribution in [0.2, 0.25) is 0 Å². The number of hydrogen-bond donors (Lipinski definition) is 1. The van der Waals surface area contributed by atoms with Gasteiger partial charge in [0.1, 0.15) is 0 Å². The fourth-order valence-corrected chi connectivity index (χ4v) is 4.22. The summed E-state index contributed by atoms with van der Waals surface area (Å²) in [5.74, 6) is -3.36. The van der Waals surface area contributed by atoms with Crippen molar-refractivity contribution in [1.29, 1.82) is 0 Å². The molecule has 1 unspecified atom stereocenters. The highest BCUT2D eigenvalue weighted by Gasteiger charge is 2.39. The second kappa shape index (κ2) is 4.56. The van der Waals surface area contributed by atoms with Gasteiger partial charge in [-0.05, 0) is 25.5 Å². The van der Waals surface area contributed by atoms with Crippen LogP contribution < -0.4 is 5.32 Å². The highest BCUT2D eigenvalue weighted by molar-refractivity contribution is 7.91. The van der Waals surface area contributed by atoms with Crippen molar-refractivity contribution in [3.63, 3.8) is 0 Å². The molecule has 1 saturated heterocycles. The summed E-state index contributed by atoms with van der Waals surface area (Å²) in [6, 6.07) is 3.29. The Balaban J connectivity index is 2.21. The van der Waals surface area contributed by atoms with Gasteiger partial charge in [0.05, 0.1) is 22.6 Å². The quantitative estimate of drug-likeness (QED) is 0.892. The van der Waals surface area contributed by atoms with E-state index in [0.29, 0.717) is 0 Å². The van der Waals surface area contributed by atoms with Gasteiger partial charge < -0.3 is 5.32 Å². The summed E-state index contributed by atoms with van der Waals surface area (Å²) < 4.78 is 49.3. The lowest BCUT2D eigenvalue weighted by Gasteiger charge is -2.24. The van der Waals surface area contributed by atoms with Crippen LogP contribution in [0.4, 0.5) is 8.78 Å². The summed E-state index contributed by atoms with van der Waals surface area (Å²) in [4.78, 5) is 11.9. The van der Waals surface area contributed by atoms with Crippen molar-refractivity contribution < 1.29 is 22.0 Å². The predicted octanol–water partition coefficient (Wildman–Crippen LogP) is 1.27. The maximum Gasteiger partial charge on any atom is 0.254 e. The van der Waals surface area contributed by atoms with E-state index in [1.165, 1.54) is 6.07 Å². The molecule has 19 heavy (non-hydrogen) atoms. The first-order valence-electron chi connectivity index (χ1n) is 5.69. The third-order valence-corrected chi connectivity index (χ3v) is 5.02. The van der Waals surface area contributed by atoms with E-state index >= 15 is 0 Å². The molecule has 0 spiro atoms. The van der Waals surface area contributed by atoms with Gasteiger partial charge in [0.15, 0.2) is 21.5 Å². The molecule has 1 amide bonds. The lowest BCUT2D eigenvalue weighted by atomic mass is 10.0. The minimum Gasteiger partial charge on any atom is -0.346 e. The van der Waals surface area contributed by atoms with Crippen LogP contribution >= 0.6 is 0 Å². The molecule has 1 N–H and O–H groups in total. The van der Waals surface area contributed by atoms with Gasteiger partial charge in [-0.2, -0.15) is 0 Å². The van der Waals surface area contributed by atoms with E-state index in [4.69, 9.17) is 0 Å². The van der Waals surface area contributed by atoms with Gasteiger partial charge in [-0.25, -0.2) is 17.2 Å². The van der Waals surface area contributed by atoms with Crippen LogP contribution in [0.3, 0.4) is 0 Å². The van der Waals surface area contributed by atoms with Crippen LogP contribution in [-0.4, -0.2) is 31.4 Å². The molecule has 1 heterocycles. The minimum atomic E-state index is -3.18. The number of carbonyl (C=O) groups excluding carboxylic acids is 1. The van der Waals surface area contributed by atoms with Gasteiger partial charge in [0, 0.05) is 0 Å². The Labute approximate surface area is 109 Å². The smallest absolute Gasteiger partial charge is 0.254 e. The zero-order valence-electron chi connectivity index (χ0n) is 10.2. The predicted molar refractivity (Wildman–Crippen MR) is 65.5 cm³/mol. The van der Waals surface area contributed by atoms with E-state index in [9.17, 15) is 22.0 Å². The molecule has 1 aromatic carbocycles. The number of nitrogens with one attached hydrogen (secondary N) is 1. The Kier molecular flexibility index (Phi) is 3.34. The molecule has 0 saturated carbocycles. The van der Waals surface area contributed by atoms with Crippen LogP contribution in [0.5, 0.6) is 0 Å². The Morgan fingerprint density at radius 3 is 2.63 bits per heavy atom. The van der Waals surface area contributed by atoms with Crippen LogP contribution in [0.15, 0.2) is 18.2 Å². The van der Waals surface area contributed by atoms with Crippen molar-refractivity contribution in [2.75, 3.05) is 11.5 Å². The number of sulfone groups is 1. The standard InChI is InChI=1S/C12H13F2NO3S/c1-12(5-6-19(17,18)7-12)15-11(16)8-3-2-4-9(13)10(8)14/h2-4H,5-7H2,1H3,(H,15,16). The molecule has 4 nitrogen and oxygen atoms in total. The molecule has 1 aliphatic rings. The maximum absolute atomic E-state index is 13.4. The number of halogens is 2. The largest absolute Gasteiger partial charge is 0.346 e. The number of benzene rings is 1. The average Bonchev–Trinajstić information content (AvgIpc) is 2.56. The van der Waals surface area contributed by atoms with E-state index in [2.05, 4.69) is 5.32 Å². The zero-order chi connectivity index (χ0) is 14.3. The molecule has 1 aromatic rings. The van der Waals surface area contributed by atoms with Gasteiger partial charge in [0.2, 0.25) is 0 Å². The van der Waals surface area contributed by atoms with Gasteiger partial charge in [-0.15, -0.1) is 0 Å². The monoisotopic (exact) mass is 289 g/mol. The molecular formula is C12H13F2NO3S. The number of carbonyl (C=O) groups is 1. The molecule has 0 radical (unpaired) electrons. The fourth-order valence-electron chi connectivity index (χ4n) is 2.13. The Hall–Kier alpha value is -1.50. The SMILES string of the molecule is CC1(NC(=O)c2cccc(F)c2F)CCS(=O)(=O)C1. The van der Waals surface area contributed by atoms with Crippen LogP contribution in [0, 0.1) is 11.6 Å². The first-order chi connectivity index (χ1) is 8.72. The number of hydrogen-bond acceptors (Lipinski definition) is 3. The van der Waals surface area contributed by atoms with E-state index < -0.39 is 38.5 Å². The lowest BCUT2D eigenvalue weighted by molar-refractivity contribution is 0.0910. The normalized spacial score (nSPS) is 25.2. The summed E-state index contributed by atoms with van der Waals surface area (Å²) in [6.45, 7) is 1.58. The Morgan fingerprint density at radius 2 is 2.05 bits per heavy atom. The summed E-state index contributed by atoms with van der Waals surface area (Å²) in [7, 11) is -3.18. The molecular weight excluding hydrogens is 276 g/mol. The first-order valence-corrected chi connectivity index (χ1v) is 7.52. The zero-order valence-corrected chi connectivity index (χ0v) is 11.1. The number of amides is 1. The van der Waals surface area contributed by atoms with E-state index in [1.807, 2.05) is 0 Å². The summed E-state index contributed by atoms with van der Waals surface area (Å²) in [5, 5.41) is 2.47. The highest BCUT2D eigenvalue weighted by Crippen LogP contribution is 2.23. The maximum atomic E-state index is 13.4. The second-order valence-electron chi connectivity index (χ2n) is 4.96. The van der Waals surface area contributed by atoms with Gasteiger partial charge in [-0.1, -0.05) is 6.07 Å². The van der Waals surface area contributed by atoms with Crippen LogP contribution in [0.25, 0.3) is 0 Å². The van der Waals surface area contributed by atoms with Crippen molar-refractivity contribution in [2.45, 2.75) is 18.9 Å². The third-order valence-electron chi connectivity index (χ3n) is 3.11. The van der Waals surface area contributed by atoms with Crippen molar-refractivity contribution in [2.24, 2.45) is 0 Å². The molecule has 0 bridgehead atoms. The molecule has 1 fully saturated rings. The van der Waals surface area contributed by atoms with Gasteiger partial charge in [-0.3, -0.25) is 4.79 Å². The topological polar surface area (TPSA) is 63.2 Å². The minimum absolute atomic E-state index is 0.0184.